The number of aryl methyl sites for hydroxylation is 3. The van der Waals surface area contributed by atoms with Crippen molar-refractivity contribution in [2.75, 3.05) is 0 Å². The quantitative estimate of drug-likeness (QED) is 0.882. The van der Waals surface area contributed by atoms with Crippen molar-refractivity contribution in [3.63, 3.8) is 0 Å². The highest BCUT2D eigenvalue weighted by atomic mass is 16.1. The third-order valence-corrected chi connectivity index (χ3v) is 4.37. The van der Waals surface area contributed by atoms with Crippen LogP contribution in [0.3, 0.4) is 0 Å². The summed E-state index contributed by atoms with van der Waals surface area (Å²) in [5, 5.41) is 7.38. The third kappa shape index (κ3) is 2.45. The lowest BCUT2D eigenvalue weighted by Gasteiger charge is -2.26. The van der Waals surface area contributed by atoms with Crippen molar-refractivity contribution in [1.82, 2.24) is 20.1 Å². The Kier molecular flexibility index (Phi) is 3.60. The average molecular weight is 300 g/mol. The van der Waals surface area contributed by atoms with Crippen LogP contribution in [0.15, 0.2) is 16.9 Å². The molecule has 1 amide bonds. The van der Waals surface area contributed by atoms with Gasteiger partial charge in [-0.3, -0.25) is 14.3 Å². The van der Waals surface area contributed by atoms with E-state index in [4.69, 9.17) is 0 Å². The maximum absolute atomic E-state index is 12.6. The van der Waals surface area contributed by atoms with E-state index in [0.29, 0.717) is 5.56 Å². The number of nitrogens with one attached hydrogen (secondary N) is 2. The van der Waals surface area contributed by atoms with Gasteiger partial charge in [0.05, 0.1) is 17.3 Å². The van der Waals surface area contributed by atoms with Gasteiger partial charge in [0.25, 0.3) is 5.91 Å². The van der Waals surface area contributed by atoms with E-state index in [9.17, 15) is 9.59 Å². The first kappa shape index (κ1) is 14.6. The lowest BCUT2D eigenvalue weighted by molar-refractivity contribution is 0.0931. The Hall–Kier alpha value is -2.37. The maximum atomic E-state index is 12.6. The fourth-order valence-corrected chi connectivity index (χ4v) is 3.18. The SMILES string of the molecule is Cc1nn(C)c(C)c1C(=O)N[C@@H]1CCCc2[nH]c(=O)ccc21. The number of nitrogens with zero attached hydrogens (tertiary/aromatic N) is 2. The lowest BCUT2D eigenvalue weighted by Crippen LogP contribution is -2.32. The molecule has 0 unspecified atom stereocenters. The molecule has 0 aromatic carbocycles. The number of carbonyl (C=O) groups excluding carboxylic acids is 1. The summed E-state index contributed by atoms with van der Waals surface area (Å²) in [6, 6.07) is 3.28. The first-order valence-corrected chi connectivity index (χ1v) is 7.50. The number of amides is 1. The van der Waals surface area contributed by atoms with E-state index in [1.807, 2.05) is 27.0 Å². The second kappa shape index (κ2) is 5.44. The molecular formula is C16H20N4O2. The third-order valence-electron chi connectivity index (χ3n) is 4.37. The summed E-state index contributed by atoms with van der Waals surface area (Å²) in [5.74, 6) is -0.104. The van der Waals surface area contributed by atoms with Gasteiger partial charge in [0.1, 0.15) is 0 Å². The molecule has 2 aromatic rings. The molecule has 2 N–H and O–H groups in total. The smallest absolute Gasteiger partial charge is 0.255 e. The Morgan fingerprint density at radius 3 is 2.86 bits per heavy atom. The number of carbonyl (C=O) groups is 1. The summed E-state index contributed by atoms with van der Waals surface area (Å²) >= 11 is 0. The van der Waals surface area contributed by atoms with Gasteiger partial charge in [-0.15, -0.1) is 0 Å². The largest absolute Gasteiger partial charge is 0.345 e. The molecule has 0 bridgehead atoms. The van der Waals surface area contributed by atoms with Crippen LogP contribution in [0.1, 0.15) is 51.9 Å². The minimum Gasteiger partial charge on any atom is -0.345 e. The van der Waals surface area contributed by atoms with Gasteiger partial charge in [-0.2, -0.15) is 5.10 Å². The highest BCUT2D eigenvalue weighted by Gasteiger charge is 2.25. The monoisotopic (exact) mass is 300 g/mol. The number of rotatable bonds is 2. The van der Waals surface area contributed by atoms with Crippen molar-refractivity contribution in [2.24, 2.45) is 7.05 Å². The molecule has 0 spiro atoms. The van der Waals surface area contributed by atoms with Gasteiger partial charge in [-0.1, -0.05) is 0 Å². The number of H-pyrrole nitrogens is 1. The maximum Gasteiger partial charge on any atom is 0.255 e. The van der Waals surface area contributed by atoms with Gasteiger partial charge >= 0.3 is 0 Å². The highest BCUT2D eigenvalue weighted by molar-refractivity contribution is 5.96. The topological polar surface area (TPSA) is 79.8 Å². The zero-order valence-electron chi connectivity index (χ0n) is 13.1. The molecule has 0 saturated heterocycles. The summed E-state index contributed by atoms with van der Waals surface area (Å²) in [6.45, 7) is 3.73. The van der Waals surface area contributed by atoms with Crippen LogP contribution in [0.5, 0.6) is 0 Å². The van der Waals surface area contributed by atoms with Crippen molar-refractivity contribution in [1.29, 1.82) is 0 Å². The molecule has 2 heterocycles. The molecule has 0 radical (unpaired) electrons. The molecule has 0 aliphatic heterocycles. The van der Waals surface area contributed by atoms with Crippen molar-refractivity contribution in [3.05, 3.63) is 50.7 Å². The van der Waals surface area contributed by atoms with E-state index >= 15 is 0 Å². The van der Waals surface area contributed by atoms with E-state index in [-0.39, 0.29) is 17.5 Å². The first-order chi connectivity index (χ1) is 10.5. The molecule has 6 heteroatoms. The van der Waals surface area contributed by atoms with Gasteiger partial charge < -0.3 is 10.3 Å². The predicted molar refractivity (Wildman–Crippen MR) is 82.9 cm³/mol. The zero-order chi connectivity index (χ0) is 15.9. The van der Waals surface area contributed by atoms with Crippen LogP contribution in [0.2, 0.25) is 0 Å². The minimum absolute atomic E-state index is 0.0629. The standard InChI is InChI=1S/C16H20N4O2/c1-9-15(10(2)20(3)19-9)16(22)18-13-6-4-5-12-11(13)7-8-14(21)17-12/h7-8,13H,4-6H2,1-3H3,(H,17,21)(H,18,22)/t13-/m1/s1. The average Bonchev–Trinajstić information content (AvgIpc) is 2.72. The Labute approximate surface area is 128 Å². The fourth-order valence-electron chi connectivity index (χ4n) is 3.18. The molecule has 1 aliphatic rings. The summed E-state index contributed by atoms with van der Waals surface area (Å²) in [7, 11) is 1.83. The van der Waals surface area contributed by atoms with Crippen molar-refractivity contribution >= 4 is 5.91 Å². The molecule has 22 heavy (non-hydrogen) atoms. The minimum atomic E-state index is -0.104. The Bertz CT molecular complexity index is 788. The van der Waals surface area contributed by atoms with Crippen molar-refractivity contribution in [3.8, 4) is 0 Å². The molecular weight excluding hydrogens is 280 g/mol. The summed E-state index contributed by atoms with van der Waals surface area (Å²) in [6.07, 6.45) is 2.68. The Morgan fingerprint density at radius 1 is 1.41 bits per heavy atom. The van der Waals surface area contributed by atoms with Crippen molar-refractivity contribution in [2.45, 2.75) is 39.2 Å². The normalized spacial score (nSPS) is 17.1. The molecule has 6 nitrogen and oxygen atoms in total. The summed E-state index contributed by atoms with van der Waals surface area (Å²) < 4.78 is 1.72. The fraction of sp³-hybridized carbons (Fsp3) is 0.438. The number of hydrogen-bond acceptors (Lipinski definition) is 3. The zero-order valence-corrected chi connectivity index (χ0v) is 13.1. The Morgan fingerprint density at radius 2 is 2.18 bits per heavy atom. The van der Waals surface area contributed by atoms with E-state index in [1.165, 1.54) is 6.07 Å². The lowest BCUT2D eigenvalue weighted by atomic mass is 9.91. The second-order valence-electron chi connectivity index (χ2n) is 5.84. The molecule has 1 atom stereocenters. The van der Waals surface area contributed by atoms with Crippen LogP contribution in [-0.4, -0.2) is 20.7 Å². The van der Waals surface area contributed by atoms with Gasteiger partial charge in [0.2, 0.25) is 5.56 Å². The number of fused-ring (bicyclic) bond motifs is 1. The van der Waals surface area contributed by atoms with Crippen LogP contribution >= 0.6 is 0 Å². The highest BCUT2D eigenvalue weighted by Crippen LogP contribution is 2.28. The molecule has 0 fully saturated rings. The molecule has 3 rings (SSSR count). The molecule has 1 aliphatic carbocycles. The van der Waals surface area contributed by atoms with E-state index in [1.54, 1.807) is 4.68 Å². The van der Waals surface area contributed by atoms with Crippen molar-refractivity contribution < 1.29 is 4.79 Å². The number of hydrogen-bond donors (Lipinski definition) is 2. The Balaban J connectivity index is 1.88. The van der Waals surface area contributed by atoms with Crippen LogP contribution in [0.4, 0.5) is 0 Å². The molecule has 0 saturated carbocycles. The number of pyridine rings is 1. The van der Waals surface area contributed by atoms with Crippen LogP contribution < -0.4 is 10.9 Å². The number of aromatic nitrogens is 3. The summed E-state index contributed by atoms with van der Waals surface area (Å²) in [5.41, 5.74) is 4.08. The number of aromatic amines is 1. The molecule has 2 aromatic heterocycles. The predicted octanol–water partition coefficient (Wildman–Crippen LogP) is 1.53. The van der Waals surface area contributed by atoms with Crippen LogP contribution in [0.25, 0.3) is 0 Å². The first-order valence-electron chi connectivity index (χ1n) is 7.50. The van der Waals surface area contributed by atoms with Crippen LogP contribution in [-0.2, 0) is 13.5 Å². The van der Waals surface area contributed by atoms with Gasteiger partial charge in [-0.05, 0) is 44.7 Å². The van der Waals surface area contributed by atoms with Gasteiger partial charge in [-0.25, -0.2) is 0 Å². The van der Waals surface area contributed by atoms with Gasteiger partial charge in [0.15, 0.2) is 0 Å². The van der Waals surface area contributed by atoms with E-state index in [0.717, 1.165) is 41.9 Å². The van der Waals surface area contributed by atoms with E-state index < -0.39 is 0 Å². The van der Waals surface area contributed by atoms with E-state index in [2.05, 4.69) is 15.4 Å². The molecule has 116 valence electrons. The van der Waals surface area contributed by atoms with Gasteiger partial charge in [0, 0.05) is 24.5 Å². The second-order valence-corrected chi connectivity index (χ2v) is 5.84. The summed E-state index contributed by atoms with van der Waals surface area (Å²) in [4.78, 5) is 26.9. The van der Waals surface area contributed by atoms with Crippen LogP contribution in [0, 0.1) is 13.8 Å².